The number of benzene rings is 1. The Kier molecular flexibility index (Phi) is 4.70. The fourth-order valence-electron chi connectivity index (χ4n) is 1.56. The summed E-state index contributed by atoms with van der Waals surface area (Å²) in [4.78, 5) is 12.7. The lowest BCUT2D eigenvalue weighted by molar-refractivity contribution is -0.118. The van der Waals surface area contributed by atoms with Crippen LogP contribution in [0.15, 0.2) is 27.6 Å². The molecular weight excluding hydrogens is 312 g/mol. The van der Waals surface area contributed by atoms with Crippen molar-refractivity contribution >= 4 is 33.6 Å². The van der Waals surface area contributed by atoms with E-state index in [1.54, 1.807) is 11.8 Å². The first-order valence-corrected chi connectivity index (χ1v) is 7.81. The van der Waals surface area contributed by atoms with Gasteiger partial charge in [-0.3, -0.25) is 4.79 Å². The van der Waals surface area contributed by atoms with Gasteiger partial charge in [0, 0.05) is 21.5 Å². The summed E-state index contributed by atoms with van der Waals surface area (Å²) in [5, 5.41) is 2.98. The van der Waals surface area contributed by atoms with Gasteiger partial charge in [0.1, 0.15) is 0 Å². The Hall–Kier alpha value is -0.520. The van der Waals surface area contributed by atoms with E-state index in [9.17, 15) is 4.79 Å². The van der Waals surface area contributed by atoms with Crippen LogP contribution in [-0.4, -0.2) is 17.7 Å². The van der Waals surface area contributed by atoms with Gasteiger partial charge in [-0.25, -0.2) is 0 Å². The number of halogens is 1. The van der Waals surface area contributed by atoms with Gasteiger partial charge in [-0.2, -0.15) is 0 Å². The van der Waals surface area contributed by atoms with Crippen LogP contribution in [0.4, 0.5) is 0 Å². The van der Waals surface area contributed by atoms with E-state index < -0.39 is 0 Å². The molecule has 0 aliphatic heterocycles. The molecule has 1 aromatic rings. The molecule has 3 N–H and O–H groups in total. The Morgan fingerprint density at radius 1 is 1.61 bits per heavy atom. The molecule has 0 heterocycles. The maximum atomic E-state index is 11.6. The molecule has 0 saturated heterocycles. The maximum Gasteiger partial charge on any atom is 0.230 e. The van der Waals surface area contributed by atoms with Gasteiger partial charge in [0.05, 0.1) is 5.75 Å². The van der Waals surface area contributed by atoms with Crippen LogP contribution in [0.1, 0.15) is 31.4 Å². The zero-order valence-corrected chi connectivity index (χ0v) is 12.7. The molecule has 3 nitrogen and oxygen atoms in total. The van der Waals surface area contributed by atoms with Crippen molar-refractivity contribution in [3.63, 3.8) is 0 Å². The van der Waals surface area contributed by atoms with Gasteiger partial charge in [-0.15, -0.1) is 11.8 Å². The predicted octanol–water partition coefficient (Wildman–Crippen LogP) is 2.84. The number of amides is 1. The van der Waals surface area contributed by atoms with Gasteiger partial charge < -0.3 is 11.1 Å². The van der Waals surface area contributed by atoms with Crippen LogP contribution >= 0.6 is 27.7 Å². The molecule has 1 atom stereocenters. The number of nitrogens with one attached hydrogen (secondary N) is 1. The third-order valence-electron chi connectivity index (χ3n) is 2.78. The molecule has 1 saturated carbocycles. The SMILES string of the molecule is C[C@H](N)c1ccc(SCC(=O)NC2CC2)c(Br)c1. The second-order valence-corrected chi connectivity index (χ2v) is 6.48. The van der Waals surface area contributed by atoms with Gasteiger partial charge in [0.25, 0.3) is 0 Å². The van der Waals surface area contributed by atoms with E-state index in [0.717, 1.165) is 27.8 Å². The van der Waals surface area contributed by atoms with E-state index in [0.29, 0.717) is 11.8 Å². The van der Waals surface area contributed by atoms with Gasteiger partial charge in [-0.1, -0.05) is 6.07 Å². The molecule has 0 spiro atoms. The number of carbonyl (C=O) groups excluding carboxylic acids is 1. The highest BCUT2D eigenvalue weighted by Gasteiger charge is 2.23. The molecule has 98 valence electrons. The Morgan fingerprint density at radius 2 is 2.33 bits per heavy atom. The molecule has 1 aliphatic rings. The summed E-state index contributed by atoms with van der Waals surface area (Å²) in [6, 6.07) is 6.50. The van der Waals surface area contributed by atoms with Crippen molar-refractivity contribution < 1.29 is 4.79 Å². The van der Waals surface area contributed by atoms with E-state index in [-0.39, 0.29) is 11.9 Å². The summed E-state index contributed by atoms with van der Waals surface area (Å²) in [6.45, 7) is 1.96. The second kappa shape index (κ2) is 6.08. The molecule has 1 fully saturated rings. The highest BCUT2D eigenvalue weighted by molar-refractivity contribution is 9.10. The molecule has 2 rings (SSSR count). The number of carbonyl (C=O) groups is 1. The fourth-order valence-corrected chi connectivity index (χ4v) is 3.03. The van der Waals surface area contributed by atoms with Crippen LogP contribution in [0.5, 0.6) is 0 Å². The smallest absolute Gasteiger partial charge is 0.230 e. The number of rotatable bonds is 5. The molecule has 18 heavy (non-hydrogen) atoms. The van der Waals surface area contributed by atoms with Crippen molar-refractivity contribution in [2.24, 2.45) is 5.73 Å². The molecule has 1 aromatic carbocycles. The maximum absolute atomic E-state index is 11.6. The summed E-state index contributed by atoms with van der Waals surface area (Å²) in [5.41, 5.74) is 6.92. The van der Waals surface area contributed by atoms with Crippen molar-refractivity contribution in [2.45, 2.75) is 36.7 Å². The molecule has 0 bridgehead atoms. The third-order valence-corrected chi connectivity index (χ3v) is 4.78. The zero-order chi connectivity index (χ0) is 13.1. The minimum atomic E-state index is 0.0264. The largest absolute Gasteiger partial charge is 0.353 e. The molecule has 5 heteroatoms. The van der Waals surface area contributed by atoms with Crippen LogP contribution in [-0.2, 0) is 4.79 Å². The first-order chi connectivity index (χ1) is 8.56. The second-order valence-electron chi connectivity index (χ2n) is 4.61. The van der Waals surface area contributed by atoms with Crippen molar-refractivity contribution in [3.8, 4) is 0 Å². The van der Waals surface area contributed by atoms with Gasteiger partial charge >= 0.3 is 0 Å². The minimum Gasteiger partial charge on any atom is -0.353 e. The van der Waals surface area contributed by atoms with Gasteiger partial charge in [-0.05, 0) is 53.4 Å². The summed E-state index contributed by atoms with van der Waals surface area (Å²) in [6.07, 6.45) is 2.26. The van der Waals surface area contributed by atoms with Crippen molar-refractivity contribution in [2.75, 3.05) is 5.75 Å². The van der Waals surface area contributed by atoms with Crippen LogP contribution in [0.3, 0.4) is 0 Å². The van der Waals surface area contributed by atoms with Crippen LogP contribution < -0.4 is 11.1 Å². The monoisotopic (exact) mass is 328 g/mol. The van der Waals surface area contributed by atoms with Crippen LogP contribution in [0.25, 0.3) is 0 Å². The van der Waals surface area contributed by atoms with Crippen molar-refractivity contribution in [3.05, 3.63) is 28.2 Å². The normalized spacial score (nSPS) is 16.4. The Labute approximate surface area is 120 Å². The predicted molar refractivity (Wildman–Crippen MR) is 78.6 cm³/mol. The quantitative estimate of drug-likeness (QED) is 0.817. The number of hydrogen-bond acceptors (Lipinski definition) is 3. The van der Waals surface area contributed by atoms with E-state index >= 15 is 0 Å². The average Bonchev–Trinajstić information content (AvgIpc) is 3.11. The first kappa shape index (κ1) is 13.9. The summed E-state index contributed by atoms with van der Waals surface area (Å²) in [7, 11) is 0. The highest BCUT2D eigenvalue weighted by Crippen LogP contribution is 2.30. The van der Waals surface area contributed by atoms with Crippen molar-refractivity contribution in [1.29, 1.82) is 0 Å². The standard InChI is InChI=1S/C13H17BrN2OS/c1-8(15)9-2-5-12(11(14)6-9)18-7-13(17)16-10-3-4-10/h2,5-6,8,10H,3-4,7,15H2,1H3,(H,16,17)/t8-/m0/s1. The Balaban J connectivity index is 1.90. The van der Waals surface area contributed by atoms with Crippen LogP contribution in [0.2, 0.25) is 0 Å². The third kappa shape index (κ3) is 4.00. The molecule has 0 aromatic heterocycles. The minimum absolute atomic E-state index is 0.0264. The van der Waals surface area contributed by atoms with Gasteiger partial charge in [0.15, 0.2) is 0 Å². The molecule has 1 amide bonds. The molecule has 0 unspecified atom stereocenters. The lowest BCUT2D eigenvalue weighted by Crippen LogP contribution is -2.26. The molecule has 1 aliphatic carbocycles. The van der Waals surface area contributed by atoms with Gasteiger partial charge in [0.2, 0.25) is 5.91 Å². The molecular formula is C13H17BrN2OS. The van der Waals surface area contributed by atoms with E-state index in [2.05, 4.69) is 21.2 Å². The number of hydrogen-bond donors (Lipinski definition) is 2. The summed E-state index contributed by atoms with van der Waals surface area (Å²) < 4.78 is 1.00. The molecule has 0 radical (unpaired) electrons. The fraction of sp³-hybridized carbons (Fsp3) is 0.462. The lowest BCUT2D eigenvalue weighted by atomic mass is 10.1. The lowest BCUT2D eigenvalue weighted by Gasteiger charge is -2.09. The first-order valence-electron chi connectivity index (χ1n) is 6.03. The number of thioether (sulfide) groups is 1. The topological polar surface area (TPSA) is 55.1 Å². The average molecular weight is 329 g/mol. The Morgan fingerprint density at radius 3 is 2.89 bits per heavy atom. The van der Waals surface area contributed by atoms with Crippen molar-refractivity contribution in [1.82, 2.24) is 5.32 Å². The summed E-state index contributed by atoms with van der Waals surface area (Å²) in [5.74, 6) is 0.581. The van der Waals surface area contributed by atoms with Crippen LogP contribution in [0, 0.1) is 0 Å². The zero-order valence-electron chi connectivity index (χ0n) is 10.3. The van der Waals surface area contributed by atoms with E-state index in [1.165, 1.54) is 0 Å². The summed E-state index contributed by atoms with van der Waals surface area (Å²) >= 11 is 5.07. The number of nitrogens with two attached hydrogens (primary N) is 1. The van der Waals surface area contributed by atoms with E-state index in [4.69, 9.17) is 5.73 Å². The van der Waals surface area contributed by atoms with E-state index in [1.807, 2.05) is 25.1 Å². The highest BCUT2D eigenvalue weighted by atomic mass is 79.9. The Bertz CT molecular complexity index is 447.